The minimum atomic E-state index is -1.63. The molecule has 0 aliphatic carbocycles. The average molecular weight is 397 g/mol. The van der Waals surface area contributed by atoms with E-state index < -0.39 is 35.0 Å². The Kier molecular flexibility index (Phi) is 5.70. The van der Waals surface area contributed by atoms with Gasteiger partial charge in [0, 0.05) is 29.6 Å². The number of hydrogen-bond donors (Lipinski definition) is 1. The van der Waals surface area contributed by atoms with E-state index in [1.54, 1.807) is 29.2 Å². The van der Waals surface area contributed by atoms with Gasteiger partial charge in [-0.05, 0) is 43.2 Å². The van der Waals surface area contributed by atoms with Crippen LogP contribution in [0.4, 0.5) is 18.9 Å². The van der Waals surface area contributed by atoms with E-state index in [0.29, 0.717) is 36.5 Å². The number of carbonyl (C=O) groups excluding carboxylic acids is 2. The second kappa shape index (κ2) is 8.00. The van der Waals surface area contributed by atoms with E-state index >= 15 is 0 Å². The van der Waals surface area contributed by atoms with Crippen molar-refractivity contribution in [2.75, 3.05) is 18.4 Å². The number of nitrogens with zero attached hydrogens (tertiary/aromatic N) is 1. The van der Waals surface area contributed by atoms with Crippen LogP contribution in [0.15, 0.2) is 36.4 Å². The van der Waals surface area contributed by atoms with Crippen molar-refractivity contribution in [3.63, 3.8) is 0 Å². The summed E-state index contributed by atoms with van der Waals surface area (Å²) in [6, 6.07) is 8.33. The van der Waals surface area contributed by atoms with Crippen molar-refractivity contribution in [1.29, 1.82) is 0 Å². The fraction of sp³-hybridized carbons (Fsp3) is 0.263. The van der Waals surface area contributed by atoms with Gasteiger partial charge in [0.1, 0.15) is 0 Å². The van der Waals surface area contributed by atoms with Crippen molar-refractivity contribution < 1.29 is 22.8 Å². The van der Waals surface area contributed by atoms with Crippen LogP contribution in [0.2, 0.25) is 5.02 Å². The molecule has 0 unspecified atom stereocenters. The number of benzene rings is 2. The molecular formula is C19H16ClF3N2O2. The Hall–Kier alpha value is -2.54. The molecule has 0 spiro atoms. The largest absolute Gasteiger partial charge is 0.339 e. The SMILES string of the molecule is O=C(Nc1ccc(F)c(F)c1F)C1CCN(C(=O)c2cccc(Cl)c2)CC1. The zero-order chi connectivity index (χ0) is 19.6. The number of hydrogen-bond acceptors (Lipinski definition) is 2. The number of halogens is 4. The summed E-state index contributed by atoms with van der Waals surface area (Å²) in [7, 11) is 0. The lowest BCUT2D eigenvalue weighted by molar-refractivity contribution is -0.121. The van der Waals surface area contributed by atoms with Crippen LogP contribution in [0.1, 0.15) is 23.2 Å². The fourth-order valence-electron chi connectivity index (χ4n) is 3.01. The number of piperidine rings is 1. The number of rotatable bonds is 3. The number of nitrogens with one attached hydrogen (secondary N) is 1. The number of likely N-dealkylation sites (tertiary alicyclic amines) is 1. The summed E-state index contributed by atoms with van der Waals surface area (Å²) in [5.41, 5.74) is 0.0607. The monoisotopic (exact) mass is 396 g/mol. The van der Waals surface area contributed by atoms with Gasteiger partial charge < -0.3 is 10.2 Å². The second-order valence-electron chi connectivity index (χ2n) is 6.29. The zero-order valence-corrected chi connectivity index (χ0v) is 14.9. The van der Waals surface area contributed by atoms with Crippen LogP contribution in [-0.4, -0.2) is 29.8 Å². The maximum absolute atomic E-state index is 13.7. The first kappa shape index (κ1) is 19.2. The minimum Gasteiger partial charge on any atom is -0.339 e. The first-order valence-electron chi connectivity index (χ1n) is 8.36. The Balaban J connectivity index is 1.60. The molecule has 0 saturated carbocycles. The zero-order valence-electron chi connectivity index (χ0n) is 14.1. The van der Waals surface area contributed by atoms with Gasteiger partial charge in [0.2, 0.25) is 5.91 Å². The highest BCUT2D eigenvalue weighted by atomic mass is 35.5. The van der Waals surface area contributed by atoms with E-state index in [4.69, 9.17) is 11.6 Å². The average Bonchev–Trinajstić information content (AvgIpc) is 2.68. The van der Waals surface area contributed by atoms with Crippen molar-refractivity contribution in [2.45, 2.75) is 12.8 Å². The second-order valence-corrected chi connectivity index (χ2v) is 6.73. The predicted molar refractivity (Wildman–Crippen MR) is 95.0 cm³/mol. The summed E-state index contributed by atoms with van der Waals surface area (Å²) in [4.78, 5) is 26.4. The molecule has 142 valence electrons. The molecule has 1 heterocycles. The van der Waals surface area contributed by atoms with Crippen LogP contribution in [0, 0.1) is 23.4 Å². The third-order valence-electron chi connectivity index (χ3n) is 4.52. The summed E-state index contributed by atoms with van der Waals surface area (Å²) >= 11 is 5.90. The van der Waals surface area contributed by atoms with Gasteiger partial charge >= 0.3 is 0 Å². The number of amides is 2. The van der Waals surface area contributed by atoms with Gasteiger partial charge in [-0.1, -0.05) is 17.7 Å². The number of anilines is 1. The normalized spacial score (nSPS) is 14.9. The lowest BCUT2D eigenvalue weighted by atomic mass is 9.95. The van der Waals surface area contributed by atoms with Crippen molar-refractivity contribution in [2.24, 2.45) is 5.92 Å². The summed E-state index contributed by atoms with van der Waals surface area (Å²) in [6.07, 6.45) is 0.757. The number of carbonyl (C=O) groups is 2. The molecule has 4 nitrogen and oxygen atoms in total. The highest BCUT2D eigenvalue weighted by Gasteiger charge is 2.28. The van der Waals surface area contributed by atoms with Crippen molar-refractivity contribution in [1.82, 2.24) is 4.90 Å². The fourth-order valence-corrected chi connectivity index (χ4v) is 3.20. The van der Waals surface area contributed by atoms with Gasteiger partial charge in [-0.2, -0.15) is 0 Å². The molecule has 1 aliphatic rings. The quantitative estimate of drug-likeness (QED) is 0.788. The van der Waals surface area contributed by atoms with Crippen molar-refractivity contribution in [3.05, 3.63) is 64.4 Å². The van der Waals surface area contributed by atoms with Crippen molar-refractivity contribution in [3.8, 4) is 0 Å². The maximum Gasteiger partial charge on any atom is 0.253 e. The van der Waals surface area contributed by atoms with Gasteiger partial charge in [0.25, 0.3) is 5.91 Å². The highest BCUT2D eigenvalue weighted by Crippen LogP contribution is 2.24. The van der Waals surface area contributed by atoms with Crippen molar-refractivity contribution >= 4 is 29.1 Å². The van der Waals surface area contributed by atoms with Gasteiger partial charge in [-0.3, -0.25) is 9.59 Å². The van der Waals surface area contributed by atoms with Crippen LogP contribution in [0.3, 0.4) is 0 Å². The van der Waals surface area contributed by atoms with E-state index in [1.807, 2.05) is 0 Å². The van der Waals surface area contributed by atoms with Gasteiger partial charge in [0.15, 0.2) is 17.5 Å². The molecule has 1 N–H and O–H groups in total. The first-order valence-corrected chi connectivity index (χ1v) is 8.74. The smallest absolute Gasteiger partial charge is 0.253 e. The van der Waals surface area contributed by atoms with Gasteiger partial charge in [-0.25, -0.2) is 13.2 Å². The third-order valence-corrected chi connectivity index (χ3v) is 4.75. The molecule has 1 saturated heterocycles. The summed E-state index contributed by atoms with van der Waals surface area (Å²) in [6.45, 7) is 0.702. The molecule has 1 fully saturated rings. The molecule has 27 heavy (non-hydrogen) atoms. The Morgan fingerprint density at radius 3 is 2.41 bits per heavy atom. The van der Waals surface area contributed by atoms with Crippen LogP contribution >= 0.6 is 11.6 Å². The molecule has 8 heteroatoms. The summed E-state index contributed by atoms with van der Waals surface area (Å²) in [5, 5.41) is 2.75. The lowest BCUT2D eigenvalue weighted by Gasteiger charge is -2.31. The Labute approximate surface area is 158 Å². The highest BCUT2D eigenvalue weighted by molar-refractivity contribution is 6.30. The lowest BCUT2D eigenvalue weighted by Crippen LogP contribution is -2.41. The molecule has 3 rings (SSSR count). The summed E-state index contributed by atoms with van der Waals surface area (Å²) in [5.74, 6) is -5.51. The molecule has 0 atom stereocenters. The Bertz CT molecular complexity index is 883. The van der Waals surface area contributed by atoms with E-state index in [0.717, 1.165) is 12.1 Å². The molecule has 1 aliphatic heterocycles. The van der Waals surface area contributed by atoms with E-state index in [2.05, 4.69) is 5.32 Å². The molecule has 2 amide bonds. The van der Waals surface area contributed by atoms with Gasteiger partial charge in [-0.15, -0.1) is 0 Å². The van der Waals surface area contributed by atoms with Crippen LogP contribution < -0.4 is 5.32 Å². The van der Waals surface area contributed by atoms with Crippen LogP contribution in [0.25, 0.3) is 0 Å². The van der Waals surface area contributed by atoms with Gasteiger partial charge in [0.05, 0.1) is 5.69 Å². The predicted octanol–water partition coefficient (Wildman–Crippen LogP) is 4.25. The van der Waals surface area contributed by atoms with Crippen LogP contribution in [0.5, 0.6) is 0 Å². The van der Waals surface area contributed by atoms with E-state index in [9.17, 15) is 22.8 Å². The van der Waals surface area contributed by atoms with Crippen LogP contribution in [-0.2, 0) is 4.79 Å². The molecule has 0 radical (unpaired) electrons. The Morgan fingerprint density at radius 1 is 1.04 bits per heavy atom. The Morgan fingerprint density at radius 2 is 1.74 bits per heavy atom. The molecule has 0 aromatic heterocycles. The van der Waals surface area contributed by atoms with E-state index in [1.165, 1.54) is 0 Å². The first-order chi connectivity index (χ1) is 12.9. The molecular weight excluding hydrogens is 381 g/mol. The van der Waals surface area contributed by atoms with E-state index in [-0.39, 0.29) is 5.91 Å². The topological polar surface area (TPSA) is 49.4 Å². The summed E-state index contributed by atoms with van der Waals surface area (Å²) < 4.78 is 39.9. The molecule has 0 bridgehead atoms. The molecule has 2 aromatic carbocycles. The molecule has 2 aromatic rings. The standard InChI is InChI=1S/C19H16ClF3N2O2/c20-13-3-1-2-12(10-13)19(27)25-8-6-11(7-9-25)18(26)24-15-5-4-14(21)16(22)17(15)23/h1-5,10-11H,6-9H2,(H,24,26). The third kappa shape index (κ3) is 4.24. The maximum atomic E-state index is 13.7. The minimum absolute atomic E-state index is 0.178.